The van der Waals surface area contributed by atoms with Crippen LogP contribution in [0.5, 0.6) is 11.8 Å². The number of carbonyl (C=O) groups is 2. The van der Waals surface area contributed by atoms with Gasteiger partial charge < -0.3 is 24.7 Å². The van der Waals surface area contributed by atoms with E-state index in [9.17, 15) is 9.59 Å². The van der Waals surface area contributed by atoms with Crippen LogP contribution in [0, 0.1) is 6.92 Å². The molecule has 182 valence electrons. The third-order valence-corrected chi connectivity index (χ3v) is 6.35. The van der Waals surface area contributed by atoms with Crippen LogP contribution in [0.2, 0.25) is 5.02 Å². The minimum Gasteiger partial charge on any atom is -0.481 e. The Kier molecular flexibility index (Phi) is 6.12. The molecule has 0 atom stereocenters. The van der Waals surface area contributed by atoms with E-state index in [4.69, 9.17) is 21.4 Å². The highest BCUT2D eigenvalue weighted by Crippen LogP contribution is 2.34. The van der Waals surface area contributed by atoms with E-state index in [1.54, 1.807) is 25.1 Å². The van der Waals surface area contributed by atoms with Crippen molar-refractivity contribution in [2.24, 2.45) is 7.05 Å². The summed E-state index contributed by atoms with van der Waals surface area (Å²) in [7, 11) is 2.01. The summed E-state index contributed by atoms with van der Waals surface area (Å²) in [6.07, 6.45) is 1.87. The minimum atomic E-state index is -0.974. The largest absolute Gasteiger partial charge is 0.481 e. The van der Waals surface area contributed by atoms with E-state index in [2.05, 4.69) is 38.1 Å². The Hall–Kier alpha value is -4.30. The summed E-state index contributed by atoms with van der Waals surface area (Å²) in [5.41, 5.74) is 5.54. The van der Waals surface area contributed by atoms with Gasteiger partial charge >= 0.3 is 5.97 Å². The van der Waals surface area contributed by atoms with Crippen LogP contribution in [0.1, 0.15) is 22.3 Å². The van der Waals surface area contributed by atoms with Crippen molar-refractivity contribution in [3.05, 3.63) is 76.9 Å². The zero-order chi connectivity index (χ0) is 25.4. The number of aryl methyl sites for hydroxylation is 2. The Morgan fingerprint density at radius 1 is 1.14 bits per heavy atom. The molecule has 3 aromatic carbocycles. The maximum atomic E-state index is 12.5. The van der Waals surface area contributed by atoms with Crippen LogP contribution in [0.3, 0.4) is 0 Å². The average Bonchev–Trinajstić information content (AvgIpc) is 3.41. The van der Waals surface area contributed by atoms with Crippen molar-refractivity contribution in [1.82, 2.24) is 19.9 Å². The van der Waals surface area contributed by atoms with E-state index in [-0.39, 0.29) is 24.9 Å². The molecule has 2 aromatic heterocycles. The maximum absolute atomic E-state index is 12.5. The van der Waals surface area contributed by atoms with Crippen molar-refractivity contribution in [3.63, 3.8) is 0 Å². The molecule has 0 spiro atoms. The number of H-pyrrole nitrogens is 1. The van der Waals surface area contributed by atoms with Gasteiger partial charge in [-0.25, -0.2) is 0 Å². The van der Waals surface area contributed by atoms with Crippen LogP contribution in [0.25, 0.3) is 33.1 Å². The fourth-order valence-corrected chi connectivity index (χ4v) is 4.40. The van der Waals surface area contributed by atoms with Crippen LogP contribution in [0.4, 0.5) is 0 Å². The molecule has 0 radical (unpaired) electrons. The molecular formula is C27H23ClN4O4. The first-order chi connectivity index (χ1) is 17.3. The van der Waals surface area contributed by atoms with Gasteiger partial charge in [0.1, 0.15) is 5.75 Å². The number of ether oxygens (including phenoxy) is 1. The van der Waals surface area contributed by atoms with Crippen LogP contribution in [-0.4, -0.2) is 38.1 Å². The van der Waals surface area contributed by atoms with Gasteiger partial charge in [0.25, 0.3) is 11.9 Å². The molecule has 3 N–H and O–H groups in total. The van der Waals surface area contributed by atoms with E-state index in [1.165, 1.54) is 0 Å². The van der Waals surface area contributed by atoms with Gasteiger partial charge in [-0.1, -0.05) is 23.7 Å². The minimum absolute atomic E-state index is 0.0442. The summed E-state index contributed by atoms with van der Waals surface area (Å²) in [5, 5.41) is 13.1. The summed E-state index contributed by atoms with van der Waals surface area (Å²) in [5.74, 6) is -0.919. The van der Waals surface area contributed by atoms with E-state index in [0.29, 0.717) is 21.9 Å². The SMILES string of the molecule is Cc1ccc(Oc2nc3cc(-c4ccc5c(ccn5C)c4)c(Cl)cc3[nH]2)cc1C(=O)NCCC(=O)O. The third-order valence-electron chi connectivity index (χ3n) is 6.04. The second kappa shape index (κ2) is 9.39. The number of carbonyl (C=O) groups excluding carboxylic acids is 1. The van der Waals surface area contributed by atoms with Crippen LogP contribution >= 0.6 is 11.6 Å². The van der Waals surface area contributed by atoms with Crippen LogP contribution in [-0.2, 0) is 11.8 Å². The molecule has 0 fully saturated rings. The van der Waals surface area contributed by atoms with E-state index < -0.39 is 5.97 Å². The second-order valence-corrected chi connectivity index (χ2v) is 8.98. The third kappa shape index (κ3) is 4.63. The molecule has 36 heavy (non-hydrogen) atoms. The number of benzene rings is 3. The molecule has 0 saturated heterocycles. The van der Waals surface area contributed by atoms with Gasteiger partial charge in [-0.05, 0) is 60.5 Å². The number of nitrogens with one attached hydrogen (secondary N) is 2. The number of hydrogen-bond acceptors (Lipinski definition) is 4. The molecule has 0 aliphatic rings. The first kappa shape index (κ1) is 23.4. The Balaban J connectivity index is 1.40. The zero-order valence-electron chi connectivity index (χ0n) is 19.6. The van der Waals surface area contributed by atoms with Crippen LogP contribution < -0.4 is 10.1 Å². The molecule has 2 heterocycles. The highest BCUT2D eigenvalue weighted by Gasteiger charge is 2.14. The molecule has 5 aromatic rings. The number of carboxylic acids is 1. The lowest BCUT2D eigenvalue weighted by Gasteiger charge is -2.09. The Morgan fingerprint density at radius 3 is 2.78 bits per heavy atom. The number of aliphatic carboxylic acids is 1. The van der Waals surface area contributed by atoms with E-state index in [0.717, 1.165) is 33.1 Å². The fourth-order valence-electron chi connectivity index (χ4n) is 4.12. The first-order valence-electron chi connectivity index (χ1n) is 11.3. The number of imidazole rings is 1. The number of hydrogen-bond donors (Lipinski definition) is 3. The second-order valence-electron chi connectivity index (χ2n) is 8.57. The standard InChI is InChI=1S/C27H23ClN4O4/c1-15-3-5-18(12-19(15)26(35)29-9-7-25(33)34)36-27-30-22-13-20(21(28)14-23(22)31-27)16-4-6-24-17(11-16)8-10-32(24)2/h3-6,8,10-14H,7,9H2,1-2H3,(H,29,35)(H,30,31)(H,33,34). The summed E-state index contributed by atoms with van der Waals surface area (Å²) in [6, 6.07) is 17.4. The van der Waals surface area contributed by atoms with Crippen molar-refractivity contribution >= 4 is 45.4 Å². The lowest BCUT2D eigenvalue weighted by atomic mass is 10.0. The summed E-state index contributed by atoms with van der Waals surface area (Å²) in [6.45, 7) is 1.84. The highest BCUT2D eigenvalue weighted by atomic mass is 35.5. The highest BCUT2D eigenvalue weighted by molar-refractivity contribution is 6.34. The van der Waals surface area contributed by atoms with E-state index in [1.807, 2.05) is 31.4 Å². The number of nitrogens with zero attached hydrogens (tertiary/aromatic N) is 2. The normalized spacial score (nSPS) is 11.2. The zero-order valence-corrected chi connectivity index (χ0v) is 20.4. The number of aromatic nitrogens is 3. The Morgan fingerprint density at radius 2 is 1.97 bits per heavy atom. The quantitative estimate of drug-likeness (QED) is 0.265. The molecule has 0 unspecified atom stereocenters. The van der Waals surface area contributed by atoms with Gasteiger partial charge in [-0.3, -0.25) is 9.59 Å². The summed E-state index contributed by atoms with van der Waals surface area (Å²) >= 11 is 6.62. The summed E-state index contributed by atoms with van der Waals surface area (Å²) in [4.78, 5) is 30.9. The monoisotopic (exact) mass is 502 g/mol. The molecule has 0 aliphatic carbocycles. The molecular weight excluding hydrogens is 480 g/mol. The predicted molar refractivity (Wildman–Crippen MR) is 139 cm³/mol. The van der Waals surface area contributed by atoms with Gasteiger partial charge in [0.2, 0.25) is 0 Å². The number of rotatable bonds is 7. The smallest absolute Gasteiger partial charge is 0.305 e. The maximum Gasteiger partial charge on any atom is 0.305 e. The number of carboxylic acid groups (broad SMARTS) is 1. The first-order valence-corrected chi connectivity index (χ1v) is 11.7. The average molecular weight is 503 g/mol. The van der Waals surface area contributed by atoms with E-state index >= 15 is 0 Å². The topological polar surface area (TPSA) is 109 Å². The van der Waals surface area contributed by atoms with Crippen molar-refractivity contribution in [2.75, 3.05) is 6.54 Å². The molecule has 0 saturated carbocycles. The van der Waals surface area contributed by atoms with Gasteiger partial charge in [-0.2, -0.15) is 4.98 Å². The number of halogens is 1. The lowest BCUT2D eigenvalue weighted by Crippen LogP contribution is -2.26. The van der Waals surface area contributed by atoms with Gasteiger partial charge in [0, 0.05) is 41.8 Å². The van der Waals surface area contributed by atoms with Crippen LogP contribution in [0.15, 0.2) is 60.8 Å². The van der Waals surface area contributed by atoms with Gasteiger partial charge in [-0.15, -0.1) is 0 Å². The number of fused-ring (bicyclic) bond motifs is 2. The molecule has 1 amide bonds. The predicted octanol–water partition coefficient (Wildman–Crippen LogP) is 5.68. The van der Waals surface area contributed by atoms with Crippen molar-refractivity contribution in [1.29, 1.82) is 0 Å². The lowest BCUT2D eigenvalue weighted by molar-refractivity contribution is -0.136. The Bertz CT molecular complexity index is 1640. The molecule has 0 bridgehead atoms. The molecule has 9 heteroatoms. The number of aromatic amines is 1. The van der Waals surface area contributed by atoms with Crippen molar-refractivity contribution in [3.8, 4) is 22.9 Å². The fraction of sp³-hybridized carbons (Fsp3) is 0.148. The van der Waals surface area contributed by atoms with Gasteiger partial charge in [0.15, 0.2) is 0 Å². The van der Waals surface area contributed by atoms with Crippen molar-refractivity contribution < 1.29 is 19.4 Å². The van der Waals surface area contributed by atoms with Crippen molar-refractivity contribution in [2.45, 2.75) is 13.3 Å². The molecule has 5 rings (SSSR count). The number of amides is 1. The Labute approximate surface area is 211 Å². The molecule has 0 aliphatic heterocycles. The summed E-state index contributed by atoms with van der Waals surface area (Å²) < 4.78 is 7.98. The van der Waals surface area contributed by atoms with Gasteiger partial charge in [0.05, 0.1) is 22.5 Å². The molecule has 8 nitrogen and oxygen atoms in total.